The molecule has 50 heavy (non-hydrogen) atoms. The van der Waals surface area contributed by atoms with Crippen LogP contribution in [0.2, 0.25) is 18.6 Å². The molecule has 9 nitrogen and oxygen atoms in total. The summed E-state index contributed by atoms with van der Waals surface area (Å²) >= 11 is 3.58. The second kappa shape index (κ2) is 13.4. The van der Waals surface area contributed by atoms with Crippen LogP contribution in [-0.2, 0) is 31.3 Å². The van der Waals surface area contributed by atoms with Crippen molar-refractivity contribution >= 4 is 59.1 Å². The molecule has 0 aromatic heterocycles. The van der Waals surface area contributed by atoms with Crippen LogP contribution in [-0.4, -0.2) is 67.1 Å². The molecular formula is C38H42BrFN4O5Si. The fraction of sp³-hybridized carbons (Fsp3) is 0.421. The largest absolute Gasteiger partial charge is 0.394 e. The van der Waals surface area contributed by atoms with Gasteiger partial charge >= 0.3 is 0 Å². The molecule has 262 valence electrons. The fourth-order valence-electron chi connectivity index (χ4n) is 8.54. The highest BCUT2D eigenvalue weighted by Crippen LogP contribution is 2.60. The number of aliphatic hydroxyl groups excluding tert-OH is 1. The molecule has 3 aromatic rings. The van der Waals surface area contributed by atoms with Gasteiger partial charge in [0.1, 0.15) is 0 Å². The van der Waals surface area contributed by atoms with Crippen LogP contribution >= 0.6 is 15.9 Å². The first-order valence-corrected chi connectivity index (χ1v) is 21.1. The predicted molar refractivity (Wildman–Crippen MR) is 196 cm³/mol. The van der Waals surface area contributed by atoms with Crippen molar-refractivity contribution in [3.8, 4) is 0 Å². The number of carbonyl (C=O) groups is 3. The number of ether oxygens (including phenoxy) is 1. The standard InChI is InChI=1S/C38H42BrFN4O5Si/c1-24-36(50(2,3)40)33(21-35(47)42-19-7-10-29(42)23-45)49-38(24)30-20-27(39)13-17-32(30)43(37(38)48)22-25-11-14-28(15-12-25)44-34(46)18-16-31(41-44)26-8-5-4-6-9-26/h4-6,8-9,11-15,17,20,24,29,33,36,45H,7,10,16,18-19,21-23H2,1-3H3/t24-,29+,33+,36-,38+/m1/s1. The third-order valence-electron chi connectivity index (χ3n) is 10.9. The molecule has 0 saturated carbocycles. The average molecular weight is 762 g/mol. The van der Waals surface area contributed by atoms with Crippen LogP contribution in [0.3, 0.4) is 0 Å². The maximum Gasteiger partial charge on any atom is 0.264 e. The molecule has 5 atom stereocenters. The number of anilines is 2. The number of likely N-dealkylation sites (tertiary alicyclic amines) is 1. The van der Waals surface area contributed by atoms with Crippen LogP contribution in [0, 0.1) is 5.92 Å². The SMILES string of the molecule is C[C@@H]1[C@@H]([Si](C)(C)F)[C@H](CC(=O)N2CCC[C@H]2CO)O[C@@]12C(=O)N(Cc1ccc(N3N=C(c4ccccc4)CCC3=O)cc1)c1ccc(Br)cc12. The molecule has 1 N–H and O–H groups in total. The Bertz CT molecular complexity index is 1840. The lowest BCUT2D eigenvalue weighted by Crippen LogP contribution is -2.45. The first-order valence-electron chi connectivity index (χ1n) is 17.4. The second-order valence-corrected chi connectivity index (χ2v) is 19.1. The molecule has 2 saturated heterocycles. The highest BCUT2D eigenvalue weighted by atomic mass is 79.9. The summed E-state index contributed by atoms with van der Waals surface area (Å²) in [5.74, 6) is -1.07. The third kappa shape index (κ3) is 6.03. The number of hydrazone groups is 1. The molecule has 1 spiro atoms. The number of rotatable bonds is 8. The summed E-state index contributed by atoms with van der Waals surface area (Å²) in [5, 5.41) is 16.0. The van der Waals surface area contributed by atoms with Gasteiger partial charge in [-0.15, -0.1) is 0 Å². The molecule has 4 aliphatic heterocycles. The third-order valence-corrected chi connectivity index (χ3v) is 13.8. The van der Waals surface area contributed by atoms with E-state index in [1.165, 1.54) is 5.01 Å². The Balaban J connectivity index is 1.17. The Morgan fingerprint density at radius 2 is 1.82 bits per heavy atom. The van der Waals surface area contributed by atoms with Crippen LogP contribution in [0.5, 0.6) is 0 Å². The molecular weight excluding hydrogens is 719 g/mol. The first-order chi connectivity index (χ1) is 23.9. The van der Waals surface area contributed by atoms with Crippen LogP contribution < -0.4 is 9.91 Å². The number of nitrogens with zero attached hydrogens (tertiary/aromatic N) is 4. The van der Waals surface area contributed by atoms with Crippen LogP contribution in [0.15, 0.2) is 82.4 Å². The Morgan fingerprint density at radius 1 is 1.08 bits per heavy atom. The molecule has 4 aliphatic rings. The number of hydrogen-bond acceptors (Lipinski definition) is 6. The van der Waals surface area contributed by atoms with Crippen LogP contribution in [0.25, 0.3) is 0 Å². The molecule has 0 unspecified atom stereocenters. The van der Waals surface area contributed by atoms with E-state index in [-0.39, 0.29) is 43.3 Å². The van der Waals surface area contributed by atoms with Gasteiger partial charge in [-0.1, -0.05) is 65.3 Å². The van der Waals surface area contributed by atoms with Gasteiger partial charge in [0.2, 0.25) is 20.2 Å². The quantitative estimate of drug-likeness (QED) is 0.204. The monoisotopic (exact) mass is 760 g/mol. The van der Waals surface area contributed by atoms with Gasteiger partial charge in [0.25, 0.3) is 5.91 Å². The van der Waals surface area contributed by atoms with E-state index in [4.69, 9.17) is 4.74 Å². The Labute approximate surface area is 301 Å². The lowest BCUT2D eigenvalue weighted by molar-refractivity contribution is -0.150. The summed E-state index contributed by atoms with van der Waals surface area (Å²) < 4.78 is 23.8. The number of carbonyl (C=O) groups excluding carboxylic acids is 3. The molecule has 7 rings (SSSR count). The van der Waals surface area contributed by atoms with Gasteiger partial charge < -0.3 is 23.8 Å². The molecule has 2 fully saturated rings. The molecule has 0 radical (unpaired) electrons. The van der Waals surface area contributed by atoms with Gasteiger partial charge in [-0.05, 0) is 67.4 Å². The Hall–Kier alpha value is -3.71. The number of amides is 3. The van der Waals surface area contributed by atoms with Crippen LogP contribution in [0.4, 0.5) is 15.5 Å². The van der Waals surface area contributed by atoms with Gasteiger partial charge in [-0.3, -0.25) is 14.4 Å². The molecule has 3 amide bonds. The van der Waals surface area contributed by atoms with E-state index in [1.807, 2.05) is 79.7 Å². The molecule has 4 heterocycles. The van der Waals surface area contributed by atoms with E-state index in [0.717, 1.165) is 34.2 Å². The Morgan fingerprint density at radius 3 is 2.52 bits per heavy atom. The number of hydrogen-bond donors (Lipinski definition) is 1. The minimum atomic E-state index is -3.46. The summed E-state index contributed by atoms with van der Waals surface area (Å²) in [6, 6.07) is 22.7. The smallest absolute Gasteiger partial charge is 0.264 e. The molecule has 12 heteroatoms. The van der Waals surface area contributed by atoms with Gasteiger partial charge in [-0.25, -0.2) is 5.01 Å². The minimum absolute atomic E-state index is 0.0463. The average Bonchev–Trinajstić information content (AvgIpc) is 3.76. The highest BCUT2D eigenvalue weighted by Gasteiger charge is 2.67. The van der Waals surface area contributed by atoms with E-state index in [2.05, 4.69) is 21.0 Å². The van der Waals surface area contributed by atoms with E-state index >= 15 is 4.11 Å². The predicted octanol–water partition coefficient (Wildman–Crippen LogP) is 6.68. The number of aliphatic hydroxyl groups is 1. The zero-order chi connectivity index (χ0) is 35.4. The van der Waals surface area contributed by atoms with Gasteiger partial charge in [0.15, 0.2) is 5.60 Å². The zero-order valence-corrected chi connectivity index (χ0v) is 31.1. The lowest BCUT2D eigenvalue weighted by Gasteiger charge is -2.31. The number of benzene rings is 3. The topological polar surface area (TPSA) is 103 Å². The summed E-state index contributed by atoms with van der Waals surface area (Å²) in [7, 11) is -3.46. The number of fused-ring (bicyclic) bond motifs is 2. The number of halogens is 2. The minimum Gasteiger partial charge on any atom is -0.394 e. The first kappa shape index (κ1) is 34.7. The second-order valence-electron chi connectivity index (χ2n) is 14.4. The van der Waals surface area contributed by atoms with Gasteiger partial charge in [0, 0.05) is 40.9 Å². The van der Waals surface area contributed by atoms with E-state index in [1.54, 1.807) is 22.9 Å². The van der Waals surface area contributed by atoms with Crippen molar-refractivity contribution in [1.29, 1.82) is 0 Å². The van der Waals surface area contributed by atoms with Crippen molar-refractivity contribution in [3.05, 3.63) is 94.0 Å². The summed E-state index contributed by atoms with van der Waals surface area (Å²) in [4.78, 5) is 44.6. The van der Waals surface area contributed by atoms with Crippen molar-refractivity contribution < 1.29 is 28.3 Å². The van der Waals surface area contributed by atoms with Crippen molar-refractivity contribution in [1.82, 2.24) is 4.90 Å². The van der Waals surface area contributed by atoms with E-state index in [9.17, 15) is 19.5 Å². The molecule has 0 bridgehead atoms. The van der Waals surface area contributed by atoms with Crippen molar-refractivity contribution in [2.45, 2.75) is 82.0 Å². The van der Waals surface area contributed by atoms with Crippen molar-refractivity contribution in [3.63, 3.8) is 0 Å². The summed E-state index contributed by atoms with van der Waals surface area (Å²) in [6.07, 6.45) is 1.63. The maximum absolute atomic E-state index is 16.3. The maximum atomic E-state index is 16.3. The van der Waals surface area contributed by atoms with Gasteiger partial charge in [0.05, 0.1) is 48.8 Å². The highest BCUT2D eigenvalue weighted by molar-refractivity contribution is 9.10. The summed E-state index contributed by atoms with van der Waals surface area (Å²) in [6.45, 7) is 5.80. The van der Waals surface area contributed by atoms with E-state index < -0.39 is 31.6 Å². The van der Waals surface area contributed by atoms with Crippen molar-refractivity contribution in [2.24, 2.45) is 11.0 Å². The summed E-state index contributed by atoms with van der Waals surface area (Å²) in [5.41, 5.74) is 2.58. The Kier molecular flexibility index (Phi) is 9.34. The van der Waals surface area contributed by atoms with E-state index in [0.29, 0.717) is 36.3 Å². The zero-order valence-electron chi connectivity index (χ0n) is 28.5. The molecule has 0 aliphatic carbocycles. The fourth-order valence-corrected chi connectivity index (χ4v) is 11.4. The lowest BCUT2D eigenvalue weighted by atomic mass is 9.82. The molecule has 3 aromatic carbocycles. The van der Waals surface area contributed by atoms with Gasteiger partial charge in [-0.2, -0.15) is 5.10 Å². The normalized spacial score (nSPS) is 26.6. The van der Waals surface area contributed by atoms with Crippen molar-refractivity contribution in [2.75, 3.05) is 23.1 Å². The van der Waals surface area contributed by atoms with Crippen LogP contribution in [0.1, 0.15) is 55.7 Å².